The van der Waals surface area contributed by atoms with Crippen molar-refractivity contribution in [1.82, 2.24) is 5.32 Å². The molecule has 0 saturated carbocycles. The van der Waals surface area contributed by atoms with Crippen molar-refractivity contribution in [2.24, 2.45) is 5.92 Å². The van der Waals surface area contributed by atoms with Gasteiger partial charge in [-0.3, -0.25) is 0 Å². The van der Waals surface area contributed by atoms with E-state index < -0.39 is 12.1 Å². The van der Waals surface area contributed by atoms with Crippen molar-refractivity contribution in [2.45, 2.75) is 26.4 Å². The highest BCUT2D eigenvalue weighted by atomic mass is 35.5. The molecule has 5 nitrogen and oxygen atoms in total. The number of aliphatic hydroxyl groups is 1. The Kier molecular flexibility index (Phi) is 10.4. The van der Waals surface area contributed by atoms with Gasteiger partial charge < -0.3 is 20.3 Å². The predicted molar refractivity (Wildman–Crippen MR) is 134 cm³/mol. The summed E-state index contributed by atoms with van der Waals surface area (Å²) in [6.45, 7) is 5.80. The molecule has 0 saturated heterocycles. The Balaban J connectivity index is 0.00000385. The van der Waals surface area contributed by atoms with Crippen LogP contribution in [-0.4, -0.2) is 35.9 Å². The van der Waals surface area contributed by atoms with Gasteiger partial charge in [0.25, 0.3) is 0 Å². The molecule has 0 fully saturated rings. The average Bonchev–Trinajstić information content (AvgIpc) is 2.81. The number of hydrogen-bond acceptors (Lipinski definition) is 4. The first-order valence-electron chi connectivity index (χ1n) is 11.0. The van der Waals surface area contributed by atoms with Gasteiger partial charge in [-0.25, -0.2) is 4.79 Å². The lowest BCUT2D eigenvalue weighted by molar-refractivity contribution is 0.0691. The topological polar surface area (TPSA) is 78.8 Å². The first-order chi connectivity index (χ1) is 15.4. The average molecular weight is 470 g/mol. The van der Waals surface area contributed by atoms with Crippen LogP contribution in [0.2, 0.25) is 0 Å². The molecule has 0 aliphatic heterocycles. The molecule has 3 N–H and O–H groups in total. The molecule has 0 amide bonds. The van der Waals surface area contributed by atoms with Crippen LogP contribution in [0.15, 0.2) is 72.8 Å². The largest absolute Gasteiger partial charge is 0.492 e. The molecule has 0 unspecified atom stereocenters. The number of aliphatic hydroxyl groups excluding tert-OH is 1. The van der Waals surface area contributed by atoms with Crippen molar-refractivity contribution in [3.63, 3.8) is 0 Å². The quantitative estimate of drug-likeness (QED) is 0.329. The Morgan fingerprint density at radius 1 is 0.970 bits per heavy atom. The number of carbonyl (C=O) groups is 1. The Labute approximate surface area is 201 Å². The molecule has 6 heteroatoms. The van der Waals surface area contributed by atoms with Crippen molar-refractivity contribution in [3.8, 4) is 16.9 Å². The van der Waals surface area contributed by atoms with E-state index in [1.165, 1.54) is 5.56 Å². The second kappa shape index (κ2) is 13.0. The summed E-state index contributed by atoms with van der Waals surface area (Å²) in [6, 6.07) is 23.1. The minimum Gasteiger partial charge on any atom is -0.492 e. The minimum atomic E-state index is -0.990. The molecule has 0 aliphatic carbocycles. The van der Waals surface area contributed by atoms with E-state index >= 15 is 0 Å². The molecule has 3 rings (SSSR count). The highest BCUT2D eigenvalue weighted by Crippen LogP contribution is 2.28. The fourth-order valence-electron chi connectivity index (χ4n) is 3.38. The Bertz CT molecular complexity index is 1010. The third kappa shape index (κ3) is 7.90. The molecular weight excluding hydrogens is 438 g/mol. The first-order valence-corrected chi connectivity index (χ1v) is 11.0. The van der Waals surface area contributed by atoms with Crippen LogP contribution in [0.1, 0.15) is 41.4 Å². The highest BCUT2D eigenvalue weighted by Gasteiger charge is 2.13. The fourth-order valence-corrected chi connectivity index (χ4v) is 3.38. The van der Waals surface area contributed by atoms with Crippen molar-refractivity contribution < 1.29 is 19.7 Å². The molecule has 0 radical (unpaired) electrons. The second-order valence-electron chi connectivity index (χ2n) is 8.30. The number of ether oxygens (including phenoxy) is 1. The summed E-state index contributed by atoms with van der Waals surface area (Å²) in [7, 11) is 0. The summed E-state index contributed by atoms with van der Waals surface area (Å²) < 4.78 is 5.75. The van der Waals surface area contributed by atoms with Gasteiger partial charge in [0.1, 0.15) is 11.3 Å². The minimum absolute atomic E-state index is 0. The number of hydrogen-bond donors (Lipinski definition) is 3. The van der Waals surface area contributed by atoms with Crippen LogP contribution < -0.4 is 10.1 Å². The lowest BCUT2D eigenvalue weighted by Gasteiger charge is -2.13. The van der Waals surface area contributed by atoms with E-state index in [4.69, 9.17) is 4.74 Å². The maximum absolute atomic E-state index is 11.5. The van der Waals surface area contributed by atoms with Gasteiger partial charge in [0.2, 0.25) is 0 Å². The molecule has 176 valence electrons. The first kappa shape index (κ1) is 26.4. The van der Waals surface area contributed by atoms with Crippen molar-refractivity contribution >= 4 is 18.4 Å². The number of carboxylic acid groups (broad SMARTS) is 1. The molecule has 0 spiro atoms. The molecule has 1 atom stereocenters. The Morgan fingerprint density at radius 3 is 2.27 bits per heavy atom. The zero-order valence-corrected chi connectivity index (χ0v) is 19.8. The van der Waals surface area contributed by atoms with Crippen LogP contribution in [0, 0.1) is 5.92 Å². The number of rotatable bonds is 11. The maximum Gasteiger partial charge on any atom is 0.339 e. The van der Waals surface area contributed by atoms with E-state index in [1.807, 2.05) is 62.4 Å². The van der Waals surface area contributed by atoms with Gasteiger partial charge in [0.05, 0.1) is 12.7 Å². The zero-order chi connectivity index (χ0) is 22.9. The van der Waals surface area contributed by atoms with Gasteiger partial charge in [0.15, 0.2) is 0 Å². The van der Waals surface area contributed by atoms with Gasteiger partial charge in [-0.1, -0.05) is 74.5 Å². The number of carboxylic acids is 1. The maximum atomic E-state index is 11.5. The van der Waals surface area contributed by atoms with E-state index in [-0.39, 0.29) is 18.0 Å². The number of halogens is 1. The van der Waals surface area contributed by atoms with E-state index in [0.29, 0.717) is 24.8 Å². The van der Waals surface area contributed by atoms with Crippen LogP contribution >= 0.6 is 12.4 Å². The SMILES string of the molecule is CC(C)COc1cc(-c2ccc(CCNC[C@H](O)c3ccccc3)cc2)ccc1C(=O)O.Cl. The van der Waals surface area contributed by atoms with E-state index in [9.17, 15) is 15.0 Å². The summed E-state index contributed by atoms with van der Waals surface area (Å²) >= 11 is 0. The van der Waals surface area contributed by atoms with Gasteiger partial charge in [0, 0.05) is 6.54 Å². The van der Waals surface area contributed by atoms with Crippen LogP contribution in [0.25, 0.3) is 11.1 Å². The van der Waals surface area contributed by atoms with Crippen LogP contribution in [0.4, 0.5) is 0 Å². The molecule has 33 heavy (non-hydrogen) atoms. The summed E-state index contributed by atoms with van der Waals surface area (Å²) in [6.07, 6.45) is 0.335. The smallest absolute Gasteiger partial charge is 0.339 e. The lowest BCUT2D eigenvalue weighted by Crippen LogP contribution is -2.23. The van der Waals surface area contributed by atoms with Crippen LogP contribution in [0.5, 0.6) is 5.75 Å². The second-order valence-corrected chi connectivity index (χ2v) is 8.30. The van der Waals surface area contributed by atoms with Crippen LogP contribution in [0.3, 0.4) is 0 Å². The summed E-state index contributed by atoms with van der Waals surface area (Å²) in [4.78, 5) is 11.5. The van der Waals surface area contributed by atoms with E-state index in [2.05, 4.69) is 17.4 Å². The van der Waals surface area contributed by atoms with Gasteiger partial charge in [-0.2, -0.15) is 0 Å². The fraction of sp³-hybridized carbons (Fsp3) is 0.296. The van der Waals surface area contributed by atoms with Crippen molar-refractivity contribution in [1.29, 1.82) is 0 Å². The number of nitrogens with one attached hydrogen (secondary N) is 1. The Morgan fingerprint density at radius 2 is 1.64 bits per heavy atom. The molecule has 0 aliphatic rings. The summed E-state index contributed by atoms with van der Waals surface area (Å²) in [5.74, 6) is -0.286. The zero-order valence-electron chi connectivity index (χ0n) is 19.0. The monoisotopic (exact) mass is 469 g/mol. The molecular formula is C27H32ClNO4. The third-order valence-electron chi connectivity index (χ3n) is 5.18. The third-order valence-corrected chi connectivity index (χ3v) is 5.18. The van der Waals surface area contributed by atoms with Crippen molar-refractivity contribution in [3.05, 3.63) is 89.5 Å². The summed E-state index contributed by atoms with van der Waals surface area (Å²) in [5.41, 5.74) is 4.20. The molecule has 3 aromatic rings. The van der Waals surface area contributed by atoms with Gasteiger partial charge in [-0.15, -0.1) is 12.4 Å². The molecule has 0 heterocycles. The number of benzene rings is 3. The highest BCUT2D eigenvalue weighted by molar-refractivity contribution is 5.92. The Hall–Kier alpha value is -2.86. The van der Waals surface area contributed by atoms with Crippen molar-refractivity contribution in [2.75, 3.05) is 19.7 Å². The lowest BCUT2D eigenvalue weighted by atomic mass is 10.0. The van der Waals surface area contributed by atoms with E-state index in [0.717, 1.165) is 29.7 Å². The standard InChI is InChI=1S/C27H31NO4.ClH/c1-19(2)18-32-26-16-23(12-13-24(26)27(30)31)21-10-8-20(9-11-21)14-15-28-17-25(29)22-6-4-3-5-7-22;/h3-13,16,19,25,28-29H,14-15,17-18H2,1-2H3,(H,30,31);1H/t25-;/m0./s1. The van der Waals surface area contributed by atoms with E-state index in [1.54, 1.807) is 12.1 Å². The molecule has 0 bridgehead atoms. The summed E-state index contributed by atoms with van der Waals surface area (Å²) in [5, 5.41) is 22.9. The van der Waals surface area contributed by atoms with Crippen LogP contribution in [-0.2, 0) is 6.42 Å². The predicted octanol–water partition coefficient (Wildman–Crippen LogP) is 5.37. The normalized spacial score (nSPS) is 11.6. The van der Waals surface area contributed by atoms with Gasteiger partial charge >= 0.3 is 5.97 Å². The van der Waals surface area contributed by atoms with Gasteiger partial charge in [-0.05, 0) is 53.3 Å². The molecule has 3 aromatic carbocycles. The molecule has 0 aromatic heterocycles. The number of aromatic carboxylic acids is 1.